The number of methoxy groups -OCH3 is 1. The van der Waals surface area contributed by atoms with Crippen LogP contribution in [0.25, 0.3) is 0 Å². The monoisotopic (exact) mass is 299 g/mol. The van der Waals surface area contributed by atoms with E-state index in [2.05, 4.69) is 45.8 Å². The molecule has 1 atom stereocenters. The Labute approximate surface area is 132 Å². The molecule has 0 bridgehead atoms. The average molecular weight is 299 g/mol. The van der Waals surface area contributed by atoms with Crippen molar-refractivity contribution in [3.8, 4) is 0 Å². The van der Waals surface area contributed by atoms with Crippen LogP contribution in [0.1, 0.15) is 35.7 Å². The number of imidazole rings is 1. The Bertz CT molecular complexity index is 608. The van der Waals surface area contributed by atoms with Gasteiger partial charge in [0.15, 0.2) is 0 Å². The van der Waals surface area contributed by atoms with E-state index in [-0.39, 0.29) is 0 Å². The summed E-state index contributed by atoms with van der Waals surface area (Å²) in [6.45, 7) is 2.50. The van der Waals surface area contributed by atoms with Gasteiger partial charge in [0.2, 0.25) is 0 Å². The minimum Gasteiger partial charge on any atom is -0.383 e. The molecule has 0 saturated heterocycles. The molecule has 0 saturated carbocycles. The van der Waals surface area contributed by atoms with Crippen molar-refractivity contribution in [1.82, 2.24) is 14.5 Å². The molecular weight excluding hydrogens is 274 g/mol. The second-order valence-corrected chi connectivity index (χ2v) is 6.09. The van der Waals surface area contributed by atoms with Gasteiger partial charge in [-0.15, -0.1) is 0 Å². The van der Waals surface area contributed by atoms with Crippen molar-refractivity contribution in [3.63, 3.8) is 0 Å². The van der Waals surface area contributed by atoms with Gasteiger partial charge in [-0.3, -0.25) is 4.90 Å². The fraction of sp³-hybridized carbons (Fsp3) is 0.500. The molecule has 0 aliphatic heterocycles. The predicted molar refractivity (Wildman–Crippen MR) is 87.7 cm³/mol. The molecule has 4 heteroatoms. The van der Waals surface area contributed by atoms with Crippen LogP contribution in [-0.2, 0) is 24.2 Å². The van der Waals surface area contributed by atoms with E-state index in [0.29, 0.717) is 6.04 Å². The smallest absolute Gasteiger partial charge is 0.0949 e. The first-order valence-corrected chi connectivity index (χ1v) is 8.05. The zero-order valence-electron chi connectivity index (χ0n) is 13.5. The first kappa shape index (κ1) is 15.3. The van der Waals surface area contributed by atoms with E-state index in [4.69, 9.17) is 4.74 Å². The van der Waals surface area contributed by atoms with Crippen LogP contribution in [0.4, 0.5) is 0 Å². The molecule has 1 aromatic heterocycles. The molecule has 4 nitrogen and oxygen atoms in total. The standard InChI is InChI=1S/C18H25N3O/c1-20(13-16-12-19-14-21(16)10-11-22-2)18-9-5-7-15-6-3-4-8-17(15)18/h3-4,6,8,12,14,18H,5,7,9-11,13H2,1-2H3/t18-/m0/s1. The summed E-state index contributed by atoms with van der Waals surface area (Å²) in [5, 5.41) is 0. The van der Waals surface area contributed by atoms with E-state index < -0.39 is 0 Å². The third-order valence-electron chi connectivity index (χ3n) is 4.62. The Morgan fingerprint density at radius 3 is 3.09 bits per heavy atom. The molecule has 0 unspecified atom stereocenters. The highest BCUT2D eigenvalue weighted by Gasteiger charge is 2.23. The molecule has 3 rings (SSSR count). The molecule has 1 heterocycles. The van der Waals surface area contributed by atoms with Gasteiger partial charge in [0, 0.05) is 32.4 Å². The Morgan fingerprint density at radius 1 is 1.36 bits per heavy atom. The zero-order chi connectivity index (χ0) is 15.4. The van der Waals surface area contributed by atoms with Crippen molar-refractivity contribution < 1.29 is 4.74 Å². The minimum absolute atomic E-state index is 0.510. The van der Waals surface area contributed by atoms with Crippen molar-refractivity contribution in [2.75, 3.05) is 20.8 Å². The summed E-state index contributed by atoms with van der Waals surface area (Å²) in [4.78, 5) is 6.75. The summed E-state index contributed by atoms with van der Waals surface area (Å²) in [5.74, 6) is 0. The summed E-state index contributed by atoms with van der Waals surface area (Å²) in [6, 6.07) is 9.39. The van der Waals surface area contributed by atoms with Crippen LogP contribution in [0, 0.1) is 0 Å². The van der Waals surface area contributed by atoms with Crippen LogP contribution in [-0.4, -0.2) is 35.2 Å². The molecule has 0 radical (unpaired) electrons. The minimum atomic E-state index is 0.510. The van der Waals surface area contributed by atoms with Gasteiger partial charge in [-0.25, -0.2) is 4.98 Å². The highest BCUT2D eigenvalue weighted by molar-refractivity contribution is 5.32. The Hall–Kier alpha value is -1.65. The maximum Gasteiger partial charge on any atom is 0.0949 e. The van der Waals surface area contributed by atoms with Crippen molar-refractivity contribution >= 4 is 0 Å². The maximum absolute atomic E-state index is 5.18. The molecule has 118 valence electrons. The van der Waals surface area contributed by atoms with Crippen molar-refractivity contribution in [3.05, 3.63) is 53.6 Å². The molecule has 0 amide bonds. The number of fused-ring (bicyclic) bond motifs is 1. The normalized spacial score (nSPS) is 17.7. The molecule has 1 aliphatic carbocycles. The van der Waals surface area contributed by atoms with Gasteiger partial charge in [-0.2, -0.15) is 0 Å². The van der Waals surface area contributed by atoms with Crippen molar-refractivity contribution in [1.29, 1.82) is 0 Å². The number of hydrogen-bond donors (Lipinski definition) is 0. The van der Waals surface area contributed by atoms with E-state index >= 15 is 0 Å². The molecule has 0 spiro atoms. The fourth-order valence-electron chi connectivity index (χ4n) is 3.42. The molecule has 2 aromatic rings. The lowest BCUT2D eigenvalue weighted by molar-refractivity contribution is 0.180. The van der Waals surface area contributed by atoms with Crippen LogP contribution in [0.15, 0.2) is 36.8 Å². The highest BCUT2D eigenvalue weighted by Crippen LogP contribution is 2.34. The quantitative estimate of drug-likeness (QED) is 0.821. The number of aryl methyl sites for hydroxylation is 1. The first-order chi connectivity index (χ1) is 10.8. The summed E-state index contributed by atoms with van der Waals surface area (Å²) >= 11 is 0. The number of rotatable bonds is 6. The number of benzene rings is 1. The zero-order valence-corrected chi connectivity index (χ0v) is 13.5. The van der Waals surface area contributed by atoms with E-state index in [1.807, 2.05) is 12.5 Å². The molecule has 22 heavy (non-hydrogen) atoms. The van der Waals surface area contributed by atoms with Crippen LogP contribution >= 0.6 is 0 Å². The van der Waals surface area contributed by atoms with Crippen LogP contribution < -0.4 is 0 Å². The van der Waals surface area contributed by atoms with Crippen LogP contribution in [0.3, 0.4) is 0 Å². The maximum atomic E-state index is 5.18. The average Bonchev–Trinajstić information content (AvgIpc) is 2.99. The van der Waals surface area contributed by atoms with E-state index in [9.17, 15) is 0 Å². The number of ether oxygens (including phenoxy) is 1. The van der Waals surface area contributed by atoms with Gasteiger partial charge >= 0.3 is 0 Å². The Morgan fingerprint density at radius 2 is 2.23 bits per heavy atom. The van der Waals surface area contributed by atoms with Gasteiger partial charge in [-0.05, 0) is 37.4 Å². The summed E-state index contributed by atoms with van der Waals surface area (Å²) < 4.78 is 7.36. The van der Waals surface area contributed by atoms with Crippen molar-refractivity contribution in [2.45, 2.75) is 38.4 Å². The molecule has 1 aliphatic rings. The van der Waals surface area contributed by atoms with Crippen LogP contribution in [0.5, 0.6) is 0 Å². The SMILES string of the molecule is COCCn1cncc1CN(C)[C@H]1CCCc2ccccc21. The van der Waals surface area contributed by atoms with Crippen molar-refractivity contribution in [2.24, 2.45) is 0 Å². The fourth-order valence-corrected chi connectivity index (χ4v) is 3.42. The lowest BCUT2D eigenvalue weighted by Crippen LogP contribution is -2.28. The summed E-state index contributed by atoms with van der Waals surface area (Å²) in [7, 11) is 3.96. The Balaban J connectivity index is 1.73. The number of hydrogen-bond acceptors (Lipinski definition) is 3. The lowest BCUT2D eigenvalue weighted by Gasteiger charge is -2.33. The van der Waals surface area contributed by atoms with Gasteiger partial charge in [0.25, 0.3) is 0 Å². The van der Waals surface area contributed by atoms with Crippen LogP contribution in [0.2, 0.25) is 0 Å². The largest absolute Gasteiger partial charge is 0.383 e. The van der Waals surface area contributed by atoms with Gasteiger partial charge in [0.05, 0.1) is 18.6 Å². The Kier molecular flexibility index (Phi) is 4.90. The molecule has 0 fully saturated rings. The lowest BCUT2D eigenvalue weighted by atomic mass is 9.87. The highest BCUT2D eigenvalue weighted by atomic mass is 16.5. The first-order valence-electron chi connectivity index (χ1n) is 8.05. The van der Waals surface area contributed by atoms with E-state index in [1.54, 1.807) is 7.11 Å². The topological polar surface area (TPSA) is 30.3 Å². The summed E-state index contributed by atoms with van der Waals surface area (Å²) in [5.41, 5.74) is 4.26. The predicted octanol–water partition coefficient (Wildman–Crippen LogP) is 3.04. The molecular formula is C18H25N3O. The molecule has 1 aromatic carbocycles. The molecule has 0 N–H and O–H groups in total. The summed E-state index contributed by atoms with van der Waals surface area (Å²) in [6.07, 6.45) is 7.60. The van der Waals surface area contributed by atoms with E-state index in [1.165, 1.54) is 36.1 Å². The third kappa shape index (κ3) is 3.23. The van der Waals surface area contributed by atoms with Gasteiger partial charge in [0.1, 0.15) is 0 Å². The van der Waals surface area contributed by atoms with Gasteiger partial charge < -0.3 is 9.30 Å². The van der Waals surface area contributed by atoms with Gasteiger partial charge in [-0.1, -0.05) is 24.3 Å². The van der Waals surface area contributed by atoms with E-state index in [0.717, 1.165) is 19.7 Å². The number of nitrogens with zero attached hydrogens (tertiary/aromatic N) is 3. The number of aromatic nitrogens is 2. The second-order valence-electron chi connectivity index (χ2n) is 6.09. The second kappa shape index (κ2) is 7.07. The third-order valence-corrected chi connectivity index (χ3v) is 4.62.